The Labute approximate surface area is 78.6 Å². The van der Waals surface area contributed by atoms with E-state index >= 15 is 0 Å². The second-order valence-electron chi connectivity index (χ2n) is 2.98. The Morgan fingerprint density at radius 1 is 1.50 bits per heavy atom. The average Bonchev–Trinajstić information content (AvgIpc) is 2.43. The van der Waals surface area contributed by atoms with Crippen molar-refractivity contribution in [1.29, 1.82) is 0 Å². The molecule has 0 saturated carbocycles. The molecule has 1 heterocycles. The maximum Gasteiger partial charge on any atom is 0.122 e. The van der Waals surface area contributed by atoms with Gasteiger partial charge in [0.15, 0.2) is 0 Å². The summed E-state index contributed by atoms with van der Waals surface area (Å²) < 4.78 is 2.98. The first kappa shape index (κ1) is 9.52. The zero-order chi connectivity index (χ0) is 8.97. The van der Waals surface area contributed by atoms with E-state index in [0.717, 1.165) is 17.6 Å². The Hall–Kier alpha value is -0.570. The number of hydrogen-bond donors (Lipinski definition) is 1. The molecule has 0 spiro atoms. The molecular formula is C9H16N2S. The maximum atomic E-state index is 5.18. The first-order valence-corrected chi connectivity index (χ1v) is 4.97. The summed E-state index contributed by atoms with van der Waals surface area (Å²) in [6.07, 6.45) is 3.43. The van der Waals surface area contributed by atoms with Gasteiger partial charge in [0.25, 0.3) is 0 Å². The van der Waals surface area contributed by atoms with Crippen LogP contribution in [0.4, 0.5) is 0 Å². The molecule has 0 radical (unpaired) electrons. The van der Waals surface area contributed by atoms with Gasteiger partial charge in [-0.05, 0) is 18.9 Å². The molecule has 68 valence electrons. The molecule has 1 rings (SSSR count). The number of aromatic nitrogens is 2. The first-order valence-electron chi connectivity index (χ1n) is 4.56. The standard InChI is InChI=1S/C9H16N2S/c1-3-5-6-11-9(12)7-8(4-2)10-11/h7,10H,3-6H2,1-2H3. The summed E-state index contributed by atoms with van der Waals surface area (Å²) in [6, 6.07) is 2.05. The number of aromatic amines is 1. The van der Waals surface area contributed by atoms with Crippen molar-refractivity contribution in [2.24, 2.45) is 0 Å². The molecule has 0 unspecified atom stereocenters. The lowest BCUT2D eigenvalue weighted by atomic mass is 10.3. The van der Waals surface area contributed by atoms with E-state index < -0.39 is 0 Å². The SMILES string of the molecule is CCCCn1[nH]c(CC)cc1=S. The van der Waals surface area contributed by atoms with Crippen LogP contribution in [0, 0.1) is 4.64 Å². The van der Waals surface area contributed by atoms with Gasteiger partial charge in [-0.15, -0.1) is 0 Å². The van der Waals surface area contributed by atoms with Gasteiger partial charge in [-0.3, -0.25) is 4.68 Å². The number of hydrogen-bond acceptors (Lipinski definition) is 1. The molecular weight excluding hydrogens is 168 g/mol. The number of nitrogens with zero attached hydrogens (tertiary/aromatic N) is 1. The smallest absolute Gasteiger partial charge is 0.122 e. The Morgan fingerprint density at radius 3 is 2.75 bits per heavy atom. The first-order chi connectivity index (χ1) is 5.77. The van der Waals surface area contributed by atoms with Crippen LogP contribution in [0.15, 0.2) is 6.07 Å². The van der Waals surface area contributed by atoms with Crippen LogP contribution in [0.25, 0.3) is 0 Å². The number of H-pyrrole nitrogens is 1. The quantitative estimate of drug-likeness (QED) is 0.714. The van der Waals surface area contributed by atoms with Gasteiger partial charge in [-0.25, -0.2) is 0 Å². The van der Waals surface area contributed by atoms with Gasteiger partial charge in [0.2, 0.25) is 0 Å². The Morgan fingerprint density at radius 2 is 2.25 bits per heavy atom. The molecule has 0 saturated heterocycles. The van der Waals surface area contributed by atoms with E-state index in [1.165, 1.54) is 18.5 Å². The lowest BCUT2D eigenvalue weighted by Gasteiger charge is -2.00. The summed E-state index contributed by atoms with van der Waals surface area (Å²) in [4.78, 5) is 0. The zero-order valence-electron chi connectivity index (χ0n) is 7.76. The fourth-order valence-corrected chi connectivity index (χ4v) is 1.43. The minimum absolute atomic E-state index is 0.931. The summed E-state index contributed by atoms with van der Waals surface area (Å²) in [6.45, 7) is 5.34. The van der Waals surface area contributed by atoms with Gasteiger partial charge in [-0.2, -0.15) is 0 Å². The Bertz CT molecular complexity index is 285. The number of aryl methyl sites for hydroxylation is 2. The summed E-state index contributed by atoms with van der Waals surface area (Å²) in [5.74, 6) is 0. The normalized spacial score (nSPS) is 10.5. The fraction of sp³-hybridized carbons (Fsp3) is 0.667. The molecule has 0 aliphatic rings. The van der Waals surface area contributed by atoms with E-state index in [1.54, 1.807) is 0 Å². The summed E-state index contributed by atoms with van der Waals surface area (Å²) in [5.41, 5.74) is 1.23. The van der Waals surface area contributed by atoms with Crippen molar-refractivity contribution >= 4 is 12.2 Å². The van der Waals surface area contributed by atoms with Crippen LogP contribution in [0.5, 0.6) is 0 Å². The maximum absolute atomic E-state index is 5.18. The lowest BCUT2D eigenvalue weighted by molar-refractivity contribution is 0.560. The van der Waals surface area contributed by atoms with E-state index in [2.05, 4.69) is 23.6 Å². The van der Waals surface area contributed by atoms with Gasteiger partial charge in [-0.1, -0.05) is 32.5 Å². The molecule has 2 nitrogen and oxygen atoms in total. The highest BCUT2D eigenvalue weighted by molar-refractivity contribution is 7.71. The van der Waals surface area contributed by atoms with E-state index in [9.17, 15) is 0 Å². The van der Waals surface area contributed by atoms with Gasteiger partial charge in [0.05, 0.1) is 0 Å². The van der Waals surface area contributed by atoms with Crippen LogP contribution in [0.2, 0.25) is 0 Å². The highest BCUT2D eigenvalue weighted by Crippen LogP contribution is 2.01. The van der Waals surface area contributed by atoms with Crippen LogP contribution < -0.4 is 0 Å². The van der Waals surface area contributed by atoms with Crippen LogP contribution in [-0.4, -0.2) is 9.78 Å². The number of nitrogens with one attached hydrogen (secondary N) is 1. The highest BCUT2D eigenvalue weighted by Gasteiger charge is 1.96. The summed E-state index contributed by atoms with van der Waals surface area (Å²) in [5, 5.41) is 3.28. The van der Waals surface area contributed by atoms with E-state index in [-0.39, 0.29) is 0 Å². The highest BCUT2D eigenvalue weighted by atomic mass is 32.1. The third-order valence-corrected chi connectivity index (χ3v) is 2.30. The molecule has 0 amide bonds. The molecule has 1 aromatic heterocycles. The number of unbranched alkanes of at least 4 members (excludes halogenated alkanes) is 1. The topological polar surface area (TPSA) is 20.7 Å². The largest absolute Gasteiger partial charge is 0.302 e. The molecule has 0 bridgehead atoms. The van der Waals surface area contributed by atoms with Gasteiger partial charge < -0.3 is 5.10 Å². The van der Waals surface area contributed by atoms with E-state index in [0.29, 0.717) is 0 Å². The van der Waals surface area contributed by atoms with Gasteiger partial charge in [0.1, 0.15) is 4.64 Å². The van der Waals surface area contributed by atoms with Crippen molar-refractivity contribution in [1.82, 2.24) is 9.78 Å². The van der Waals surface area contributed by atoms with Crippen LogP contribution in [0.3, 0.4) is 0 Å². The predicted octanol–water partition coefficient (Wildman–Crippen LogP) is 2.91. The van der Waals surface area contributed by atoms with Crippen molar-refractivity contribution in [2.75, 3.05) is 0 Å². The van der Waals surface area contributed by atoms with Crippen molar-refractivity contribution < 1.29 is 0 Å². The Balaban J connectivity index is 2.71. The third kappa shape index (κ3) is 2.21. The molecule has 0 aliphatic carbocycles. The molecule has 1 aromatic rings. The van der Waals surface area contributed by atoms with E-state index in [4.69, 9.17) is 12.2 Å². The molecule has 3 heteroatoms. The van der Waals surface area contributed by atoms with Crippen molar-refractivity contribution in [3.8, 4) is 0 Å². The second kappa shape index (κ2) is 4.45. The summed E-state index contributed by atoms with van der Waals surface area (Å²) >= 11 is 5.18. The number of rotatable bonds is 4. The van der Waals surface area contributed by atoms with Crippen LogP contribution >= 0.6 is 12.2 Å². The molecule has 0 aliphatic heterocycles. The fourth-order valence-electron chi connectivity index (χ4n) is 1.15. The van der Waals surface area contributed by atoms with Gasteiger partial charge in [0, 0.05) is 12.2 Å². The molecule has 0 fully saturated rings. The molecule has 1 N–H and O–H groups in total. The van der Waals surface area contributed by atoms with Crippen molar-refractivity contribution in [3.05, 3.63) is 16.4 Å². The van der Waals surface area contributed by atoms with E-state index in [1.807, 2.05) is 6.07 Å². The zero-order valence-corrected chi connectivity index (χ0v) is 8.58. The predicted molar refractivity (Wildman–Crippen MR) is 53.9 cm³/mol. The second-order valence-corrected chi connectivity index (χ2v) is 3.40. The average molecular weight is 184 g/mol. The van der Waals surface area contributed by atoms with Gasteiger partial charge >= 0.3 is 0 Å². The molecule has 12 heavy (non-hydrogen) atoms. The minimum atomic E-state index is 0.931. The molecule has 0 aromatic carbocycles. The lowest BCUT2D eigenvalue weighted by Crippen LogP contribution is -2.00. The summed E-state index contributed by atoms with van der Waals surface area (Å²) in [7, 11) is 0. The van der Waals surface area contributed by atoms with Crippen LogP contribution in [-0.2, 0) is 13.0 Å². The van der Waals surface area contributed by atoms with Crippen molar-refractivity contribution in [3.63, 3.8) is 0 Å². The minimum Gasteiger partial charge on any atom is -0.302 e. The monoisotopic (exact) mass is 184 g/mol. The Kier molecular flexibility index (Phi) is 3.53. The third-order valence-electron chi connectivity index (χ3n) is 1.96. The van der Waals surface area contributed by atoms with Crippen LogP contribution in [0.1, 0.15) is 32.4 Å². The van der Waals surface area contributed by atoms with Crippen molar-refractivity contribution in [2.45, 2.75) is 39.7 Å². The molecule has 0 atom stereocenters.